The van der Waals surface area contributed by atoms with Crippen LogP contribution in [0.2, 0.25) is 0 Å². The second kappa shape index (κ2) is 32.0. The number of para-hydroxylation sites is 6. The highest BCUT2D eigenvalue weighted by Gasteiger charge is 2.30. The van der Waals surface area contributed by atoms with Crippen LogP contribution in [-0.2, 0) is 0 Å². The minimum Gasteiger partial charge on any atom is -0.454 e. The Morgan fingerprint density at radius 3 is 0.871 bits per heavy atom. The summed E-state index contributed by atoms with van der Waals surface area (Å²) in [7, 11) is 0. The Morgan fingerprint density at radius 1 is 0.187 bits per heavy atom. The van der Waals surface area contributed by atoms with E-state index in [1.54, 1.807) is 11.3 Å². The standard InChI is InChI=1S/2C43H26N4O.C38H21N3OS/c1-3-14-27(15-4-1)41-44-42(28-16-5-2-6-17-28)46-43(45-41)29-18-13-19-30(26-29)47-35-24-11-9-22-33(35)37-31-20-7-8-21-32(31)38-34-23-10-12-25-36(34)48-40(38)39(37)47;1-3-13-27(14-4-1)41-44-42(28-15-5-2-6-16-28)46-43(45-41)29-23-25-30(26-24-29)47-35-21-11-9-19-33(35)37-31-17-7-8-18-32(31)38-34-20-10-12-22-36(34)48-40(38)39(37)47;1-2-12-22(13-3-1)34-33-27-18-8-11-21-30(27)43-37(33)40-38(39-34)41-28-19-9-6-16-25(28)31-23-14-4-5-15-24(23)32-26-17-7-10-20-29(26)42-36(32)35(31)41/h2*1-26H;1-21H. The molecule has 0 saturated carbocycles. The third-order valence-electron chi connectivity index (χ3n) is 27.1. The molecule has 0 radical (unpaired) electrons. The van der Waals surface area contributed by atoms with E-state index in [9.17, 15) is 0 Å². The van der Waals surface area contributed by atoms with E-state index in [2.05, 4.69) is 311 Å². The molecule has 10 aromatic heterocycles. The lowest BCUT2D eigenvalue weighted by atomic mass is 9.99. The van der Waals surface area contributed by atoms with E-state index >= 15 is 0 Å². The van der Waals surface area contributed by atoms with Crippen molar-refractivity contribution in [2.45, 2.75) is 0 Å². The van der Waals surface area contributed by atoms with Gasteiger partial charge in [-0.25, -0.2) is 39.9 Å². The third kappa shape index (κ3) is 12.7. The molecular weight excluding hydrogens is 1720 g/mol. The van der Waals surface area contributed by atoms with Gasteiger partial charge in [0.15, 0.2) is 51.7 Å². The summed E-state index contributed by atoms with van der Waals surface area (Å²) in [6.45, 7) is 0. The molecule has 0 spiro atoms. The fourth-order valence-corrected chi connectivity index (χ4v) is 22.1. The molecule has 30 aromatic rings. The molecule has 15 heteroatoms. The smallest absolute Gasteiger partial charge is 0.236 e. The Kier molecular flexibility index (Phi) is 18.2. The largest absolute Gasteiger partial charge is 0.454 e. The van der Waals surface area contributed by atoms with Crippen LogP contribution in [0.15, 0.2) is 456 Å². The first-order valence-electron chi connectivity index (χ1n) is 46.4. The van der Waals surface area contributed by atoms with Gasteiger partial charge in [-0.05, 0) is 111 Å². The second-order valence-corrected chi connectivity index (χ2v) is 36.0. The highest BCUT2D eigenvalue weighted by molar-refractivity contribution is 7.25. The van der Waals surface area contributed by atoms with E-state index < -0.39 is 0 Å². The van der Waals surface area contributed by atoms with E-state index in [0.717, 1.165) is 176 Å². The van der Waals surface area contributed by atoms with Crippen LogP contribution in [0, 0.1) is 0 Å². The second-order valence-electron chi connectivity index (χ2n) is 35.0. The van der Waals surface area contributed by atoms with Gasteiger partial charge in [0, 0.05) is 130 Å². The quantitative estimate of drug-likeness (QED) is 0.128. The van der Waals surface area contributed by atoms with Gasteiger partial charge in [-0.2, -0.15) is 0 Å². The van der Waals surface area contributed by atoms with Gasteiger partial charge in [-0.15, -0.1) is 11.3 Å². The number of rotatable bonds is 10. The fraction of sp³-hybridized carbons (Fsp3) is 0. The molecule has 0 aliphatic heterocycles. The first-order chi connectivity index (χ1) is 69.0. The normalized spacial score (nSPS) is 11.9. The van der Waals surface area contributed by atoms with Crippen LogP contribution in [0.5, 0.6) is 0 Å². The van der Waals surface area contributed by atoms with Crippen LogP contribution in [0.1, 0.15) is 0 Å². The zero-order valence-corrected chi connectivity index (χ0v) is 75.0. The lowest BCUT2D eigenvalue weighted by Gasteiger charge is -2.12. The Bertz CT molecular complexity index is 10100. The molecule has 0 amide bonds. The number of hydrogen-bond acceptors (Lipinski definition) is 12. The Morgan fingerprint density at radius 2 is 0.475 bits per heavy atom. The van der Waals surface area contributed by atoms with E-state index in [1.807, 2.05) is 146 Å². The van der Waals surface area contributed by atoms with Gasteiger partial charge >= 0.3 is 0 Å². The molecule has 0 N–H and O–H groups in total. The number of thiophene rings is 1. The van der Waals surface area contributed by atoms with E-state index in [0.29, 0.717) is 40.9 Å². The van der Waals surface area contributed by atoms with Gasteiger partial charge < -0.3 is 22.4 Å². The predicted molar refractivity (Wildman–Crippen MR) is 570 cm³/mol. The molecule has 0 aliphatic rings. The highest BCUT2D eigenvalue weighted by atomic mass is 32.1. The molecule has 0 unspecified atom stereocenters. The average Bonchev–Trinajstić information content (AvgIpc) is 1.56. The number of hydrogen-bond donors (Lipinski definition) is 0. The zero-order valence-electron chi connectivity index (χ0n) is 74.2. The SMILES string of the molecule is c1ccc(-c2nc(-c3ccccc3)nc(-c3ccc(-n4c5ccccc5c5c6ccccc6c6c7ccccc7oc6c54)cc3)n2)cc1.c1ccc(-c2nc(-c3ccccc3)nc(-c3cccc(-n4c5ccccc5c5c6ccccc6c6c7ccccc7oc6c54)c3)n2)cc1.c1ccc(-c2nc(-n3c4ccccc4c4c5ccccc5c5c6ccccc6oc5c43)nc3sc4ccccc4c23)cc1. The van der Waals surface area contributed by atoms with Crippen molar-refractivity contribution in [3.05, 3.63) is 443 Å². The summed E-state index contributed by atoms with van der Waals surface area (Å²) in [6.07, 6.45) is 0. The summed E-state index contributed by atoms with van der Waals surface area (Å²) in [5.41, 5.74) is 21.3. The molecule has 10 heterocycles. The molecule has 0 aliphatic carbocycles. The van der Waals surface area contributed by atoms with Crippen LogP contribution in [0.25, 0.3) is 281 Å². The molecule has 20 aromatic carbocycles. The van der Waals surface area contributed by atoms with Gasteiger partial charge in [0.2, 0.25) is 5.95 Å². The maximum absolute atomic E-state index is 6.76. The molecule has 0 bridgehead atoms. The summed E-state index contributed by atoms with van der Waals surface area (Å²) in [6, 6.07) is 153. The van der Waals surface area contributed by atoms with Gasteiger partial charge in [0.25, 0.3) is 0 Å². The topological polar surface area (TPSA) is 157 Å². The van der Waals surface area contributed by atoms with Crippen molar-refractivity contribution in [2.75, 3.05) is 0 Å². The van der Waals surface area contributed by atoms with Crippen LogP contribution in [0.3, 0.4) is 0 Å². The van der Waals surface area contributed by atoms with Crippen molar-refractivity contribution >= 4 is 195 Å². The first kappa shape index (κ1) is 78.9. The highest BCUT2D eigenvalue weighted by Crippen LogP contribution is 2.52. The maximum atomic E-state index is 6.76. The van der Waals surface area contributed by atoms with Crippen LogP contribution < -0.4 is 0 Å². The molecule has 30 rings (SSSR count). The minimum atomic E-state index is 0.615. The summed E-state index contributed by atoms with van der Waals surface area (Å²) >= 11 is 1.71. The van der Waals surface area contributed by atoms with Crippen molar-refractivity contribution in [1.82, 2.24) is 53.6 Å². The summed E-state index contributed by atoms with van der Waals surface area (Å²) in [5.74, 6) is 4.44. The fourth-order valence-electron chi connectivity index (χ4n) is 21.1. The summed E-state index contributed by atoms with van der Waals surface area (Å²) in [4.78, 5) is 41.4. The molecular formula is C124H73N11O3S. The van der Waals surface area contributed by atoms with Gasteiger partial charge in [0.1, 0.15) is 27.1 Å². The van der Waals surface area contributed by atoms with E-state index in [1.165, 1.54) is 63.9 Å². The van der Waals surface area contributed by atoms with E-state index in [4.69, 9.17) is 53.1 Å². The van der Waals surface area contributed by atoms with Crippen LogP contribution >= 0.6 is 11.3 Å². The number of aromatic nitrogens is 11. The lowest BCUT2D eigenvalue weighted by molar-refractivity contribution is 0.670. The van der Waals surface area contributed by atoms with Gasteiger partial charge in [-0.1, -0.05) is 364 Å². The Hall–Kier alpha value is -18.7. The summed E-state index contributed by atoms with van der Waals surface area (Å²) < 4.78 is 28.3. The minimum absolute atomic E-state index is 0.615. The summed E-state index contributed by atoms with van der Waals surface area (Å²) in [5, 5.41) is 23.2. The van der Waals surface area contributed by atoms with Gasteiger partial charge in [-0.3, -0.25) is 4.57 Å². The molecule has 139 heavy (non-hydrogen) atoms. The molecule has 14 nitrogen and oxygen atoms in total. The van der Waals surface area contributed by atoms with Crippen molar-refractivity contribution in [3.8, 4) is 96.9 Å². The molecule has 0 saturated heterocycles. The monoisotopic (exact) mass is 1800 g/mol. The van der Waals surface area contributed by atoms with Crippen molar-refractivity contribution in [1.29, 1.82) is 0 Å². The van der Waals surface area contributed by atoms with E-state index in [-0.39, 0.29) is 0 Å². The van der Waals surface area contributed by atoms with Crippen LogP contribution in [0.4, 0.5) is 0 Å². The van der Waals surface area contributed by atoms with Gasteiger partial charge in [0.05, 0.1) is 33.3 Å². The Labute approximate surface area is 796 Å². The number of nitrogens with zero attached hydrogens (tertiary/aromatic N) is 11. The maximum Gasteiger partial charge on any atom is 0.236 e. The molecule has 0 fully saturated rings. The lowest BCUT2D eigenvalue weighted by Crippen LogP contribution is -2.03. The van der Waals surface area contributed by atoms with Crippen molar-refractivity contribution in [3.63, 3.8) is 0 Å². The third-order valence-corrected chi connectivity index (χ3v) is 28.1. The number of benzene rings is 20. The first-order valence-corrected chi connectivity index (χ1v) is 47.3. The average molecular weight is 1800 g/mol. The predicted octanol–water partition coefficient (Wildman–Crippen LogP) is 32.7. The molecule has 648 valence electrons. The zero-order chi connectivity index (χ0) is 91.3. The Balaban J connectivity index is 0.000000103. The van der Waals surface area contributed by atoms with Crippen molar-refractivity contribution < 1.29 is 13.3 Å². The molecule has 0 atom stereocenters. The number of fused-ring (bicyclic) bond motifs is 33. The van der Waals surface area contributed by atoms with Crippen molar-refractivity contribution in [2.24, 2.45) is 0 Å². The number of furan rings is 3. The van der Waals surface area contributed by atoms with Crippen LogP contribution in [-0.4, -0.2) is 53.6 Å².